The van der Waals surface area contributed by atoms with Crippen molar-refractivity contribution < 1.29 is 15.0 Å². The first-order valence-corrected chi connectivity index (χ1v) is 11.8. The normalized spacial score (nSPS) is 11.0. The maximum atomic E-state index is 12.3. The predicted molar refractivity (Wildman–Crippen MR) is 136 cm³/mol. The molecule has 1 heterocycles. The first-order valence-electron chi connectivity index (χ1n) is 10.5. The number of phenolic OH excluding ortho intramolecular Hbond substituents is 2. The Morgan fingerprint density at radius 1 is 1.06 bits per heavy atom. The number of hydrazone groups is 1. The van der Waals surface area contributed by atoms with Gasteiger partial charge < -0.3 is 15.5 Å². The summed E-state index contributed by atoms with van der Waals surface area (Å²) in [5.74, 6) is 0.162. The van der Waals surface area contributed by atoms with Gasteiger partial charge in [-0.15, -0.1) is 10.2 Å². The highest BCUT2D eigenvalue weighted by atomic mass is 35.5. The minimum absolute atomic E-state index is 0.0501. The zero-order valence-corrected chi connectivity index (χ0v) is 19.9. The lowest BCUT2D eigenvalue weighted by Gasteiger charge is -2.11. The zero-order valence-electron chi connectivity index (χ0n) is 18.3. The molecule has 1 amide bonds. The topological polar surface area (TPSA) is 125 Å². The number of thioether (sulfide) groups is 1. The second kappa shape index (κ2) is 11.4. The molecule has 0 fully saturated rings. The second-order valence-corrected chi connectivity index (χ2v) is 8.63. The van der Waals surface area contributed by atoms with Crippen molar-refractivity contribution in [1.82, 2.24) is 20.2 Å². The molecule has 0 saturated heterocycles. The largest absolute Gasteiger partial charge is 0.508 e. The minimum atomic E-state index is -0.354. The number of carbonyl (C=O) groups is 1. The lowest BCUT2D eigenvalue weighted by atomic mass is 10.2. The number of rotatable bonds is 9. The summed E-state index contributed by atoms with van der Waals surface area (Å²) < 4.78 is 1.89. The number of anilines is 1. The molecule has 1 aromatic heterocycles. The van der Waals surface area contributed by atoms with Crippen molar-refractivity contribution in [2.75, 3.05) is 11.1 Å². The molecule has 0 aliphatic rings. The third-order valence-electron chi connectivity index (χ3n) is 4.75. The summed E-state index contributed by atoms with van der Waals surface area (Å²) in [6.07, 6.45) is 1.30. The molecule has 0 radical (unpaired) electrons. The predicted octanol–water partition coefficient (Wildman–Crippen LogP) is 4.19. The first kappa shape index (κ1) is 24.1. The number of phenols is 2. The van der Waals surface area contributed by atoms with E-state index in [9.17, 15) is 15.0 Å². The fraction of sp³-hybridized carbons (Fsp3) is 0.0833. The van der Waals surface area contributed by atoms with Crippen LogP contribution in [0, 0.1) is 0 Å². The number of nitrogens with one attached hydrogen (secondary N) is 2. The van der Waals surface area contributed by atoms with Gasteiger partial charge in [-0.2, -0.15) is 5.10 Å². The first-order chi connectivity index (χ1) is 17.0. The maximum absolute atomic E-state index is 12.3. The maximum Gasteiger partial charge on any atom is 0.250 e. The van der Waals surface area contributed by atoms with E-state index in [2.05, 4.69) is 26.0 Å². The summed E-state index contributed by atoms with van der Waals surface area (Å²) in [6.45, 7) is 0.413. The highest BCUT2D eigenvalue weighted by molar-refractivity contribution is 7.99. The number of hydrogen-bond acceptors (Lipinski definition) is 8. The number of hydrogen-bond donors (Lipinski definition) is 4. The van der Waals surface area contributed by atoms with E-state index in [0.29, 0.717) is 28.1 Å². The Morgan fingerprint density at radius 2 is 1.83 bits per heavy atom. The average Bonchev–Trinajstić information content (AvgIpc) is 3.27. The SMILES string of the molecule is O=C(CSc1nnc(CNc2ccc(Cl)cc2)n1-c1ccccc1)NN=Cc1ccc(O)cc1O. The number of nitrogens with zero attached hydrogens (tertiary/aromatic N) is 4. The van der Waals surface area contributed by atoms with Gasteiger partial charge in [0.25, 0.3) is 5.91 Å². The Bertz CT molecular complexity index is 1330. The lowest BCUT2D eigenvalue weighted by Crippen LogP contribution is -2.20. The fourth-order valence-electron chi connectivity index (χ4n) is 3.07. The molecule has 0 aliphatic carbocycles. The number of para-hydroxylation sites is 1. The third kappa shape index (κ3) is 6.52. The molecule has 35 heavy (non-hydrogen) atoms. The van der Waals surface area contributed by atoms with Crippen LogP contribution in [0.25, 0.3) is 5.69 Å². The van der Waals surface area contributed by atoms with Crippen molar-refractivity contribution >= 4 is 41.2 Å². The fourth-order valence-corrected chi connectivity index (χ4v) is 3.96. The minimum Gasteiger partial charge on any atom is -0.508 e. The van der Waals surface area contributed by atoms with Gasteiger partial charge in [-0.25, -0.2) is 5.43 Å². The van der Waals surface area contributed by atoms with Crippen LogP contribution in [0.4, 0.5) is 5.69 Å². The van der Waals surface area contributed by atoms with E-state index in [4.69, 9.17) is 11.6 Å². The summed E-state index contributed by atoms with van der Waals surface area (Å²) in [5, 5.41) is 36.1. The number of benzene rings is 3. The molecular formula is C24H21ClN6O3S. The standard InChI is InChI=1S/C24H21ClN6O3S/c25-17-7-9-18(10-8-17)26-14-22-28-30-24(31(22)19-4-2-1-3-5-19)35-15-23(34)29-27-13-16-6-11-20(32)12-21(16)33/h1-13,26,32-33H,14-15H2,(H,29,34). The Morgan fingerprint density at radius 3 is 2.57 bits per heavy atom. The number of halogens is 1. The van der Waals surface area contributed by atoms with Crippen LogP contribution in [0.5, 0.6) is 11.5 Å². The molecule has 0 bridgehead atoms. The molecular weight excluding hydrogens is 488 g/mol. The van der Waals surface area contributed by atoms with Gasteiger partial charge >= 0.3 is 0 Å². The van der Waals surface area contributed by atoms with Gasteiger partial charge in [-0.05, 0) is 48.5 Å². The monoisotopic (exact) mass is 508 g/mol. The Hall–Kier alpha value is -4.02. The van der Waals surface area contributed by atoms with Gasteiger partial charge in [0.05, 0.1) is 18.5 Å². The van der Waals surface area contributed by atoms with Gasteiger partial charge in [0.15, 0.2) is 11.0 Å². The van der Waals surface area contributed by atoms with Crippen LogP contribution in [-0.2, 0) is 11.3 Å². The van der Waals surface area contributed by atoms with Crippen LogP contribution in [0.1, 0.15) is 11.4 Å². The average molecular weight is 509 g/mol. The van der Waals surface area contributed by atoms with E-state index < -0.39 is 0 Å². The summed E-state index contributed by atoms with van der Waals surface area (Å²) >= 11 is 7.18. The van der Waals surface area contributed by atoms with Crippen molar-refractivity contribution in [3.05, 3.63) is 89.2 Å². The van der Waals surface area contributed by atoms with Crippen molar-refractivity contribution in [3.63, 3.8) is 0 Å². The summed E-state index contributed by atoms with van der Waals surface area (Å²) in [7, 11) is 0. The smallest absolute Gasteiger partial charge is 0.250 e. The Labute approximate surface area is 210 Å². The van der Waals surface area contributed by atoms with Crippen molar-refractivity contribution in [2.24, 2.45) is 5.10 Å². The zero-order chi connectivity index (χ0) is 24.6. The molecule has 4 aromatic rings. The molecule has 0 aliphatic heterocycles. The van der Waals surface area contributed by atoms with Crippen LogP contribution < -0.4 is 10.7 Å². The number of aromatic nitrogens is 3. The van der Waals surface area contributed by atoms with E-state index in [-0.39, 0.29) is 23.2 Å². The van der Waals surface area contributed by atoms with Crippen LogP contribution in [0.2, 0.25) is 5.02 Å². The van der Waals surface area contributed by atoms with E-state index in [1.54, 1.807) is 12.1 Å². The van der Waals surface area contributed by atoms with Gasteiger partial charge in [0.1, 0.15) is 11.5 Å². The van der Waals surface area contributed by atoms with Gasteiger partial charge in [-0.3, -0.25) is 9.36 Å². The third-order valence-corrected chi connectivity index (χ3v) is 5.93. The highest BCUT2D eigenvalue weighted by Crippen LogP contribution is 2.23. The summed E-state index contributed by atoms with van der Waals surface area (Å²) in [4.78, 5) is 12.3. The number of carbonyl (C=O) groups excluding carboxylic acids is 1. The second-order valence-electron chi connectivity index (χ2n) is 7.26. The molecule has 9 nitrogen and oxygen atoms in total. The molecule has 4 N–H and O–H groups in total. The highest BCUT2D eigenvalue weighted by Gasteiger charge is 2.16. The number of amides is 1. The summed E-state index contributed by atoms with van der Waals surface area (Å²) in [6, 6.07) is 21.1. The molecule has 0 saturated carbocycles. The molecule has 0 unspecified atom stereocenters. The lowest BCUT2D eigenvalue weighted by molar-refractivity contribution is -0.118. The van der Waals surface area contributed by atoms with Crippen LogP contribution in [0.15, 0.2) is 83.1 Å². The van der Waals surface area contributed by atoms with Crippen molar-refractivity contribution in [2.45, 2.75) is 11.7 Å². The molecule has 0 atom stereocenters. The molecule has 178 valence electrons. The van der Waals surface area contributed by atoms with Crippen molar-refractivity contribution in [3.8, 4) is 17.2 Å². The van der Waals surface area contributed by atoms with E-state index >= 15 is 0 Å². The molecule has 3 aromatic carbocycles. The van der Waals surface area contributed by atoms with Crippen LogP contribution >= 0.6 is 23.4 Å². The Kier molecular flexibility index (Phi) is 7.86. The van der Waals surface area contributed by atoms with E-state index in [1.807, 2.05) is 47.0 Å². The van der Waals surface area contributed by atoms with Crippen molar-refractivity contribution in [1.29, 1.82) is 0 Å². The van der Waals surface area contributed by atoms with Crippen LogP contribution in [0.3, 0.4) is 0 Å². The molecule has 0 spiro atoms. The van der Waals surface area contributed by atoms with Gasteiger partial charge in [0, 0.05) is 28.0 Å². The number of aromatic hydroxyl groups is 2. The summed E-state index contributed by atoms with van der Waals surface area (Å²) in [5.41, 5.74) is 4.54. The quantitative estimate of drug-likeness (QED) is 0.152. The van der Waals surface area contributed by atoms with E-state index in [1.165, 1.54) is 36.2 Å². The van der Waals surface area contributed by atoms with Gasteiger partial charge in [0.2, 0.25) is 0 Å². The molecule has 4 rings (SSSR count). The van der Waals surface area contributed by atoms with Gasteiger partial charge in [-0.1, -0.05) is 41.6 Å². The van der Waals surface area contributed by atoms with Crippen LogP contribution in [-0.4, -0.2) is 42.9 Å². The van der Waals surface area contributed by atoms with E-state index in [0.717, 1.165) is 11.4 Å². The Balaban J connectivity index is 1.42. The molecule has 11 heteroatoms.